The fraction of sp³-hybridized carbons (Fsp3) is 0. The van der Waals surface area contributed by atoms with E-state index in [1.54, 1.807) is 0 Å². The molecule has 2 aromatic carbocycles. The first-order valence-electron chi connectivity index (χ1n) is 5.33. The molecule has 2 rings (SSSR count). The van der Waals surface area contributed by atoms with Crippen molar-refractivity contribution in [3.8, 4) is 0 Å². The number of hydrogen-bond acceptors (Lipinski definition) is 2. The summed E-state index contributed by atoms with van der Waals surface area (Å²) in [6, 6.07) is 5.35. The normalized spacial score (nSPS) is 10.4. The molecule has 0 spiro atoms. The summed E-state index contributed by atoms with van der Waals surface area (Å²) in [5.41, 5.74) is -0.537. The Morgan fingerprint density at radius 1 is 1.05 bits per heavy atom. The molecule has 0 aliphatic carbocycles. The van der Waals surface area contributed by atoms with Crippen LogP contribution in [0.3, 0.4) is 0 Å². The topological polar surface area (TPSA) is 29.1 Å². The SMILES string of the molecule is O=C(Nc1cc(Br)c(F)cc1F)c1cc(S)ccc1F. The van der Waals surface area contributed by atoms with Gasteiger partial charge in [-0.15, -0.1) is 12.6 Å². The van der Waals surface area contributed by atoms with Gasteiger partial charge in [0.1, 0.15) is 17.5 Å². The number of halogens is 4. The molecule has 7 heteroatoms. The van der Waals surface area contributed by atoms with E-state index in [-0.39, 0.29) is 15.7 Å². The van der Waals surface area contributed by atoms with Crippen LogP contribution in [0, 0.1) is 17.5 Å². The van der Waals surface area contributed by atoms with E-state index in [0.717, 1.165) is 12.1 Å². The largest absolute Gasteiger partial charge is 0.319 e. The van der Waals surface area contributed by atoms with Crippen LogP contribution < -0.4 is 5.32 Å². The zero-order valence-electron chi connectivity index (χ0n) is 9.75. The first kappa shape index (κ1) is 14.9. The van der Waals surface area contributed by atoms with Crippen molar-refractivity contribution in [1.82, 2.24) is 0 Å². The number of anilines is 1. The van der Waals surface area contributed by atoms with Gasteiger partial charge in [0.25, 0.3) is 5.91 Å². The van der Waals surface area contributed by atoms with Crippen molar-refractivity contribution in [2.45, 2.75) is 4.90 Å². The second-order valence-corrected chi connectivity index (χ2v) is 5.24. The summed E-state index contributed by atoms with van der Waals surface area (Å²) in [6.45, 7) is 0. The van der Waals surface area contributed by atoms with Crippen molar-refractivity contribution in [3.05, 3.63) is 57.8 Å². The quantitative estimate of drug-likeness (QED) is 0.602. The summed E-state index contributed by atoms with van der Waals surface area (Å²) in [4.78, 5) is 12.3. The molecule has 1 amide bonds. The maximum absolute atomic E-state index is 13.5. The highest BCUT2D eigenvalue weighted by Gasteiger charge is 2.15. The lowest BCUT2D eigenvalue weighted by Crippen LogP contribution is -2.15. The van der Waals surface area contributed by atoms with Gasteiger partial charge in [-0.3, -0.25) is 4.79 Å². The molecule has 0 aliphatic rings. The summed E-state index contributed by atoms with van der Waals surface area (Å²) in [7, 11) is 0. The molecule has 0 saturated heterocycles. The van der Waals surface area contributed by atoms with Gasteiger partial charge in [0.05, 0.1) is 15.7 Å². The van der Waals surface area contributed by atoms with Crippen molar-refractivity contribution in [3.63, 3.8) is 0 Å². The van der Waals surface area contributed by atoms with E-state index in [9.17, 15) is 18.0 Å². The van der Waals surface area contributed by atoms with Crippen LogP contribution in [-0.4, -0.2) is 5.91 Å². The van der Waals surface area contributed by atoms with Gasteiger partial charge in [0.2, 0.25) is 0 Å². The Bertz CT molecular complexity index is 694. The van der Waals surface area contributed by atoms with E-state index < -0.39 is 23.4 Å². The number of carbonyl (C=O) groups is 1. The number of amides is 1. The Morgan fingerprint density at radius 3 is 2.45 bits per heavy atom. The zero-order valence-corrected chi connectivity index (χ0v) is 12.2. The van der Waals surface area contributed by atoms with Crippen LogP contribution >= 0.6 is 28.6 Å². The van der Waals surface area contributed by atoms with E-state index in [0.29, 0.717) is 11.0 Å². The van der Waals surface area contributed by atoms with Gasteiger partial charge in [-0.2, -0.15) is 0 Å². The number of hydrogen-bond donors (Lipinski definition) is 2. The Morgan fingerprint density at radius 2 is 1.75 bits per heavy atom. The van der Waals surface area contributed by atoms with Crippen LogP contribution in [0.2, 0.25) is 0 Å². The number of nitrogens with one attached hydrogen (secondary N) is 1. The first-order chi connectivity index (χ1) is 9.38. The zero-order chi connectivity index (χ0) is 14.9. The number of benzene rings is 2. The van der Waals surface area contributed by atoms with Crippen molar-refractivity contribution < 1.29 is 18.0 Å². The van der Waals surface area contributed by atoms with Crippen molar-refractivity contribution in [2.24, 2.45) is 0 Å². The smallest absolute Gasteiger partial charge is 0.258 e. The molecule has 0 fully saturated rings. The maximum Gasteiger partial charge on any atom is 0.258 e. The minimum absolute atomic E-state index is 0.0161. The van der Waals surface area contributed by atoms with Gasteiger partial charge in [-0.25, -0.2) is 13.2 Å². The van der Waals surface area contributed by atoms with Crippen molar-refractivity contribution in [2.75, 3.05) is 5.32 Å². The molecule has 0 radical (unpaired) electrons. The van der Waals surface area contributed by atoms with Gasteiger partial charge in [0.15, 0.2) is 0 Å². The molecule has 0 atom stereocenters. The highest BCUT2D eigenvalue weighted by atomic mass is 79.9. The standard InChI is InChI=1S/C13H7BrF3NOS/c14-8-4-12(11(17)5-10(8)16)18-13(19)7-3-6(20)1-2-9(7)15/h1-5,20H,(H,18,19). The number of thiol groups is 1. The lowest BCUT2D eigenvalue weighted by molar-refractivity contribution is 0.102. The molecule has 0 aliphatic heterocycles. The highest BCUT2D eigenvalue weighted by Crippen LogP contribution is 2.24. The van der Waals surface area contributed by atoms with E-state index in [1.165, 1.54) is 12.1 Å². The molecule has 104 valence electrons. The molecule has 0 heterocycles. The summed E-state index contributed by atoms with van der Waals surface area (Å²) >= 11 is 6.87. The Labute approximate surface area is 126 Å². The predicted octanol–water partition coefficient (Wildman–Crippen LogP) is 4.41. The molecule has 2 nitrogen and oxygen atoms in total. The van der Waals surface area contributed by atoms with E-state index in [4.69, 9.17) is 0 Å². The average Bonchev–Trinajstić information content (AvgIpc) is 2.38. The third-order valence-electron chi connectivity index (χ3n) is 2.45. The summed E-state index contributed by atoms with van der Waals surface area (Å²) in [5, 5.41) is 2.18. The minimum atomic E-state index is -0.957. The first-order valence-corrected chi connectivity index (χ1v) is 6.57. The fourth-order valence-corrected chi connectivity index (χ4v) is 2.04. The minimum Gasteiger partial charge on any atom is -0.319 e. The molecule has 0 aromatic heterocycles. The van der Waals surface area contributed by atoms with Crippen molar-refractivity contribution in [1.29, 1.82) is 0 Å². The lowest BCUT2D eigenvalue weighted by atomic mass is 10.2. The van der Waals surface area contributed by atoms with Crippen LogP contribution in [0.5, 0.6) is 0 Å². The van der Waals surface area contributed by atoms with Crippen LogP contribution in [0.4, 0.5) is 18.9 Å². The summed E-state index contributed by atoms with van der Waals surface area (Å²) < 4.78 is 40.1. The van der Waals surface area contributed by atoms with Gasteiger partial charge >= 0.3 is 0 Å². The van der Waals surface area contributed by atoms with Crippen LogP contribution in [0.15, 0.2) is 39.7 Å². The second-order valence-electron chi connectivity index (χ2n) is 3.86. The third-order valence-corrected chi connectivity index (χ3v) is 3.34. The molecule has 2 aromatic rings. The fourth-order valence-electron chi connectivity index (χ4n) is 1.50. The highest BCUT2D eigenvalue weighted by molar-refractivity contribution is 9.10. The van der Waals surface area contributed by atoms with Crippen LogP contribution in [0.25, 0.3) is 0 Å². The van der Waals surface area contributed by atoms with Gasteiger partial charge in [0, 0.05) is 11.0 Å². The van der Waals surface area contributed by atoms with E-state index in [2.05, 4.69) is 33.9 Å². The molecule has 20 heavy (non-hydrogen) atoms. The number of carbonyl (C=O) groups excluding carboxylic acids is 1. The number of rotatable bonds is 2. The molecule has 1 N–H and O–H groups in total. The van der Waals surface area contributed by atoms with Gasteiger partial charge < -0.3 is 5.32 Å². The molecule has 0 unspecified atom stereocenters. The average molecular weight is 362 g/mol. The Balaban J connectivity index is 2.32. The maximum atomic E-state index is 13.5. The van der Waals surface area contributed by atoms with E-state index in [1.807, 2.05) is 0 Å². The predicted molar refractivity (Wildman–Crippen MR) is 75.7 cm³/mol. The summed E-state index contributed by atoms with van der Waals surface area (Å²) in [6.07, 6.45) is 0. The molecule has 0 saturated carbocycles. The third kappa shape index (κ3) is 3.16. The second kappa shape index (κ2) is 5.88. The van der Waals surface area contributed by atoms with Crippen LogP contribution in [-0.2, 0) is 0 Å². The lowest BCUT2D eigenvalue weighted by Gasteiger charge is -2.08. The molecule has 0 bridgehead atoms. The molecular weight excluding hydrogens is 355 g/mol. The Hall–Kier alpha value is -1.47. The van der Waals surface area contributed by atoms with Crippen LogP contribution in [0.1, 0.15) is 10.4 Å². The van der Waals surface area contributed by atoms with Gasteiger partial charge in [-0.1, -0.05) is 0 Å². The monoisotopic (exact) mass is 361 g/mol. The summed E-state index contributed by atoms with van der Waals surface area (Å²) in [5.74, 6) is -3.37. The van der Waals surface area contributed by atoms with Gasteiger partial charge in [-0.05, 0) is 40.2 Å². The van der Waals surface area contributed by atoms with Crippen molar-refractivity contribution >= 4 is 40.2 Å². The molecular formula is C13H7BrF3NOS. The Kier molecular flexibility index (Phi) is 4.39. The van der Waals surface area contributed by atoms with E-state index >= 15 is 0 Å².